The van der Waals surface area contributed by atoms with Gasteiger partial charge in [0.2, 0.25) is 5.91 Å². The third-order valence-corrected chi connectivity index (χ3v) is 3.24. The molecule has 1 aliphatic rings. The third-order valence-electron chi connectivity index (χ3n) is 2.92. The number of amides is 1. The van der Waals surface area contributed by atoms with Crippen LogP contribution in [0.5, 0.6) is 0 Å². The number of nitriles is 1. The maximum atomic E-state index is 12.0. The van der Waals surface area contributed by atoms with E-state index in [1.807, 2.05) is 6.07 Å². The number of hydrogen-bond acceptors (Lipinski definition) is 3. The summed E-state index contributed by atoms with van der Waals surface area (Å²) in [4.78, 5) is 13.6. The zero-order valence-corrected chi connectivity index (χ0v) is 10.2. The van der Waals surface area contributed by atoms with Crippen molar-refractivity contribution in [1.82, 2.24) is 5.32 Å². The highest BCUT2D eigenvalue weighted by Crippen LogP contribution is 2.30. The molecule has 1 N–H and O–H groups in total. The van der Waals surface area contributed by atoms with Crippen LogP contribution in [0.1, 0.15) is 12.0 Å². The van der Waals surface area contributed by atoms with Gasteiger partial charge in [-0.25, -0.2) is 0 Å². The molecule has 0 radical (unpaired) electrons. The fourth-order valence-corrected chi connectivity index (χ4v) is 2.20. The van der Waals surface area contributed by atoms with Crippen molar-refractivity contribution in [3.8, 4) is 6.07 Å². The van der Waals surface area contributed by atoms with Gasteiger partial charge in [-0.1, -0.05) is 11.6 Å². The Hall–Kier alpha value is -1.57. The van der Waals surface area contributed by atoms with Crippen LogP contribution in [0.4, 0.5) is 5.69 Å². The van der Waals surface area contributed by atoms with E-state index in [0.29, 0.717) is 22.8 Å². The molecule has 1 aromatic rings. The number of carbonyl (C=O) groups is 1. The van der Waals surface area contributed by atoms with Crippen LogP contribution >= 0.6 is 11.6 Å². The first-order valence-corrected chi connectivity index (χ1v) is 5.73. The van der Waals surface area contributed by atoms with Crippen molar-refractivity contribution in [2.45, 2.75) is 12.5 Å². The molecule has 0 aliphatic carbocycles. The molecule has 1 unspecified atom stereocenters. The first-order chi connectivity index (χ1) is 8.17. The number of benzene rings is 1. The van der Waals surface area contributed by atoms with Crippen molar-refractivity contribution in [1.29, 1.82) is 5.26 Å². The smallest absolute Gasteiger partial charge is 0.244 e. The molecule has 1 atom stereocenters. The second-order valence-electron chi connectivity index (χ2n) is 3.90. The lowest BCUT2D eigenvalue weighted by atomic mass is 10.2. The number of halogens is 1. The summed E-state index contributed by atoms with van der Waals surface area (Å²) >= 11 is 6.07. The minimum absolute atomic E-state index is 0.00416. The van der Waals surface area contributed by atoms with Crippen LogP contribution in [0.3, 0.4) is 0 Å². The molecule has 1 fully saturated rings. The van der Waals surface area contributed by atoms with Crippen molar-refractivity contribution in [2.24, 2.45) is 0 Å². The average Bonchev–Trinajstić information content (AvgIpc) is 2.71. The van der Waals surface area contributed by atoms with Gasteiger partial charge < -0.3 is 10.2 Å². The normalized spacial score (nSPS) is 19.5. The van der Waals surface area contributed by atoms with Crippen LogP contribution in [-0.4, -0.2) is 25.5 Å². The second-order valence-corrected chi connectivity index (χ2v) is 4.31. The van der Waals surface area contributed by atoms with Gasteiger partial charge in [0.25, 0.3) is 0 Å². The van der Waals surface area contributed by atoms with Gasteiger partial charge in [0.1, 0.15) is 0 Å². The van der Waals surface area contributed by atoms with Crippen LogP contribution in [0.2, 0.25) is 5.02 Å². The van der Waals surface area contributed by atoms with Crippen molar-refractivity contribution in [2.75, 3.05) is 18.5 Å². The van der Waals surface area contributed by atoms with Gasteiger partial charge in [-0.15, -0.1) is 0 Å². The van der Waals surface area contributed by atoms with Crippen molar-refractivity contribution >= 4 is 23.2 Å². The maximum Gasteiger partial charge on any atom is 0.244 e. The number of nitrogens with one attached hydrogen (secondary N) is 1. The van der Waals surface area contributed by atoms with E-state index in [1.54, 1.807) is 30.1 Å². The van der Waals surface area contributed by atoms with Crippen molar-refractivity contribution in [3.05, 3.63) is 28.8 Å². The largest absolute Gasteiger partial charge is 0.309 e. The van der Waals surface area contributed by atoms with E-state index in [-0.39, 0.29) is 11.9 Å². The monoisotopic (exact) mass is 249 g/mol. The quantitative estimate of drug-likeness (QED) is 0.865. The Labute approximate surface area is 105 Å². The van der Waals surface area contributed by atoms with Gasteiger partial charge in [0.15, 0.2) is 0 Å². The lowest BCUT2D eigenvalue weighted by molar-refractivity contribution is -0.118. The Kier molecular flexibility index (Phi) is 3.32. The standard InChI is InChI=1S/C12H12ClN3O/c1-15-10-4-5-16(12(10)17)11-6-8(7-14)2-3-9(11)13/h2-3,6,10,15H,4-5H2,1H3. The Bertz CT molecular complexity index is 495. The molecule has 4 nitrogen and oxygen atoms in total. The van der Waals surface area contributed by atoms with Crippen LogP contribution < -0.4 is 10.2 Å². The van der Waals surface area contributed by atoms with Gasteiger partial charge in [-0.05, 0) is 31.7 Å². The maximum absolute atomic E-state index is 12.0. The summed E-state index contributed by atoms with van der Waals surface area (Å²) in [5.41, 5.74) is 1.12. The number of likely N-dealkylation sites (N-methyl/N-ethyl adjacent to an activating group) is 1. The highest BCUT2D eigenvalue weighted by atomic mass is 35.5. The molecule has 1 heterocycles. The van der Waals surface area contributed by atoms with Crippen molar-refractivity contribution < 1.29 is 4.79 Å². The Balaban J connectivity index is 2.35. The molecule has 1 aliphatic heterocycles. The van der Waals surface area contributed by atoms with Gasteiger partial charge in [-0.2, -0.15) is 5.26 Å². The number of anilines is 1. The van der Waals surface area contributed by atoms with Crippen LogP contribution in [-0.2, 0) is 4.79 Å². The van der Waals surface area contributed by atoms with E-state index in [4.69, 9.17) is 16.9 Å². The summed E-state index contributed by atoms with van der Waals surface area (Å²) in [7, 11) is 1.76. The Morgan fingerprint density at radius 2 is 2.35 bits per heavy atom. The zero-order chi connectivity index (χ0) is 12.4. The lowest BCUT2D eigenvalue weighted by Gasteiger charge is -2.18. The average molecular weight is 250 g/mol. The summed E-state index contributed by atoms with van der Waals surface area (Å²) in [6.07, 6.45) is 0.752. The molecule has 0 aromatic heterocycles. The van der Waals surface area contributed by atoms with E-state index in [9.17, 15) is 4.79 Å². The van der Waals surface area contributed by atoms with E-state index in [0.717, 1.165) is 6.42 Å². The van der Waals surface area contributed by atoms with Crippen LogP contribution in [0.25, 0.3) is 0 Å². The molecule has 5 heteroatoms. The molecular formula is C12H12ClN3O. The van der Waals surface area contributed by atoms with Gasteiger partial charge in [0.05, 0.1) is 28.4 Å². The van der Waals surface area contributed by atoms with Gasteiger partial charge in [-0.3, -0.25) is 4.79 Å². The first kappa shape index (κ1) is 11.9. The van der Waals surface area contributed by atoms with Crippen LogP contribution in [0, 0.1) is 11.3 Å². The minimum Gasteiger partial charge on any atom is -0.309 e. The fraction of sp³-hybridized carbons (Fsp3) is 0.333. The van der Waals surface area contributed by atoms with E-state index < -0.39 is 0 Å². The number of carbonyl (C=O) groups excluding carboxylic acids is 1. The highest BCUT2D eigenvalue weighted by molar-refractivity contribution is 6.34. The summed E-state index contributed by atoms with van der Waals surface area (Å²) < 4.78 is 0. The first-order valence-electron chi connectivity index (χ1n) is 5.35. The van der Waals surface area contributed by atoms with Crippen LogP contribution in [0.15, 0.2) is 18.2 Å². The lowest BCUT2D eigenvalue weighted by Crippen LogP contribution is -2.36. The molecular weight excluding hydrogens is 238 g/mol. The molecule has 17 heavy (non-hydrogen) atoms. The summed E-state index contributed by atoms with van der Waals surface area (Å²) in [6.45, 7) is 0.624. The number of rotatable bonds is 2. The summed E-state index contributed by atoms with van der Waals surface area (Å²) in [5.74, 6) is 0.00416. The van der Waals surface area contributed by atoms with E-state index in [2.05, 4.69) is 5.32 Å². The SMILES string of the molecule is CNC1CCN(c2cc(C#N)ccc2Cl)C1=O. The molecule has 1 saturated heterocycles. The summed E-state index contributed by atoms with van der Waals surface area (Å²) in [5, 5.41) is 12.3. The second kappa shape index (κ2) is 4.74. The molecule has 0 bridgehead atoms. The molecule has 0 saturated carbocycles. The fourth-order valence-electron chi connectivity index (χ4n) is 1.98. The van der Waals surface area contributed by atoms with E-state index in [1.165, 1.54) is 0 Å². The predicted octanol–water partition coefficient (Wildman–Crippen LogP) is 1.54. The molecule has 88 valence electrons. The zero-order valence-electron chi connectivity index (χ0n) is 9.40. The van der Waals surface area contributed by atoms with Gasteiger partial charge in [0, 0.05) is 6.54 Å². The number of hydrogen-bond donors (Lipinski definition) is 1. The highest BCUT2D eigenvalue weighted by Gasteiger charge is 2.32. The van der Waals surface area contributed by atoms with E-state index >= 15 is 0 Å². The van der Waals surface area contributed by atoms with Crippen molar-refractivity contribution in [3.63, 3.8) is 0 Å². The Morgan fingerprint density at radius 3 is 2.94 bits per heavy atom. The summed E-state index contributed by atoms with van der Waals surface area (Å²) in [6, 6.07) is 6.83. The third kappa shape index (κ3) is 2.12. The molecule has 1 aromatic carbocycles. The van der Waals surface area contributed by atoms with Gasteiger partial charge >= 0.3 is 0 Å². The minimum atomic E-state index is -0.156. The molecule has 2 rings (SSSR count). The molecule has 0 spiro atoms. The topological polar surface area (TPSA) is 56.1 Å². The number of nitrogens with zero attached hydrogens (tertiary/aromatic N) is 2. The predicted molar refractivity (Wildman–Crippen MR) is 66.0 cm³/mol. The Morgan fingerprint density at radius 1 is 1.59 bits per heavy atom. The molecule has 1 amide bonds.